The van der Waals surface area contributed by atoms with Gasteiger partial charge < -0.3 is 0 Å². The third-order valence-corrected chi connectivity index (χ3v) is 7.07. The molecule has 0 radical (unpaired) electrons. The number of non-ortho nitro benzene ring substituents is 1. The van der Waals surface area contributed by atoms with E-state index >= 15 is 0 Å². The molecule has 0 saturated carbocycles. The smallest absolute Gasteiger partial charge is 0.270 e. The molecule has 120 valence electrons. The van der Waals surface area contributed by atoms with Crippen LogP contribution in [0.25, 0.3) is 0 Å². The minimum Gasteiger partial charge on any atom is -0.280 e. The van der Waals surface area contributed by atoms with E-state index in [1.807, 2.05) is 0 Å². The lowest BCUT2D eigenvalue weighted by atomic mass is 9.92. The van der Waals surface area contributed by atoms with Crippen LogP contribution in [0.4, 0.5) is 10.1 Å². The quantitative estimate of drug-likeness (QED) is 0.616. The summed E-state index contributed by atoms with van der Waals surface area (Å²) in [6.07, 6.45) is 0. The van der Waals surface area contributed by atoms with E-state index in [1.54, 1.807) is 20.8 Å². The van der Waals surface area contributed by atoms with Crippen LogP contribution in [0.3, 0.4) is 0 Å². The minimum absolute atomic E-state index is 0.0832. The molecular weight excluding hydrogens is 311 g/mol. The molecular formula is C14H17FN2O4S. The molecule has 1 aliphatic heterocycles. The summed E-state index contributed by atoms with van der Waals surface area (Å²) in [5.41, 5.74) is -1.41. The van der Waals surface area contributed by atoms with Crippen LogP contribution in [-0.2, 0) is 15.4 Å². The molecule has 0 aliphatic carbocycles. The highest BCUT2D eigenvalue weighted by Gasteiger charge is 2.48. The van der Waals surface area contributed by atoms with Gasteiger partial charge in [0.2, 0.25) is 0 Å². The number of hydrogen-bond acceptors (Lipinski definition) is 5. The van der Waals surface area contributed by atoms with E-state index in [0.29, 0.717) is 5.71 Å². The second-order valence-electron chi connectivity index (χ2n) is 6.16. The van der Waals surface area contributed by atoms with Gasteiger partial charge in [-0.1, -0.05) is 0 Å². The second-order valence-corrected chi connectivity index (χ2v) is 8.70. The lowest BCUT2D eigenvalue weighted by Gasteiger charge is -2.38. The maximum Gasteiger partial charge on any atom is 0.270 e. The Morgan fingerprint density at radius 3 is 2.41 bits per heavy atom. The van der Waals surface area contributed by atoms with Crippen molar-refractivity contribution in [3.63, 3.8) is 0 Å². The van der Waals surface area contributed by atoms with Crippen LogP contribution in [0.1, 0.15) is 33.3 Å². The molecule has 1 aromatic rings. The van der Waals surface area contributed by atoms with Gasteiger partial charge in [0.1, 0.15) is 10.6 Å². The van der Waals surface area contributed by atoms with Gasteiger partial charge in [0.15, 0.2) is 9.84 Å². The van der Waals surface area contributed by atoms with E-state index in [1.165, 1.54) is 6.92 Å². The van der Waals surface area contributed by atoms with Crippen molar-refractivity contribution in [3.05, 3.63) is 39.7 Å². The number of halogens is 1. The molecule has 0 bridgehead atoms. The first-order valence-electron chi connectivity index (χ1n) is 6.64. The molecule has 1 aromatic carbocycles. The second kappa shape index (κ2) is 4.84. The van der Waals surface area contributed by atoms with Gasteiger partial charge >= 0.3 is 0 Å². The van der Waals surface area contributed by atoms with Crippen molar-refractivity contribution in [2.24, 2.45) is 4.99 Å². The Bertz CT molecular complexity index is 786. The predicted octanol–water partition coefficient (Wildman–Crippen LogP) is 2.62. The van der Waals surface area contributed by atoms with Gasteiger partial charge in [-0.2, -0.15) is 0 Å². The van der Waals surface area contributed by atoms with Crippen LogP contribution in [0.2, 0.25) is 0 Å². The first kappa shape index (κ1) is 16.5. The van der Waals surface area contributed by atoms with Gasteiger partial charge in [-0.05, 0) is 33.8 Å². The van der Waals surface area contributed by atoms with E-state index in [9.17, 15) is 22.9 Å². The first-order valence-corrected chi connectivity index (χ1v) is 8.29. The molecule has 0 fully saturated rings. The number of nitro benzene ring substituents is 1. The Hall–Kier alpha value is -1.83. The molecule has 0 spiro atoms. The number of hydrogen-bond donors (Lipinski definition) is 0. The number of rotatable bonds is 2. The molecule has 8 heteroatoms. The monoisotopic (exact) mass is 328 g/mol. The number of nitrogens with zero attached hydrogens (tertiary/aromatic N) is 2. The molecule has 2 rings (SSSR count). The zero-order chi connectivity index (χ0) is 16.9. The van der Waals surface area contributed by atoms with Crippen molar-refractivity contribution in [2.45, 2.75) is 38.0 Å². The number of benzene rings is 1. The lowest BCUT2D eigenvalue weighted by molar-refractivity contribution is -0.385. The third-order valence-electron chi connectivity index (χ3n) is 4.28. The van der Waals surface area contributed by atoms with Crippen molar-refractivity contribution in [1.29, 1.82) is 0 Å². The van der Waals surface area contributed by atoms with E-state index in [4.69, 9.17) is 0 Å². The molecule has 0 unspecified atom stereocenters. The summed E-state index contributed by atoms with van der Waals surface area (Å²) in [4.78, 5) is 14.6. The Labute approximate surface area is 128 Å². The van der Waals surface area contributed by atoms with Crippen molar-refractivity contribution in [3.8, 4) is 0 Å². The average Bonchev–Trinajstić information content (AvgIpc) is 2.36. The van der Waals surface area contributed by atoms with Crippen molar-refractivity contribution < 1.29 is 17.7 Å². The first-order chi connectivity index (χ1) is 9.91. The van der Waals surface area contributed by atoms with Crippen molar-refractivity contribution in [1.82, 2.24) is 0 Å². The van der Waals surface area contributed by atoms with Crippen LogP contribution in [0.5, 0.6) is 0 Å². The minimum atomic E-state index is -3.58. The molecule has 1 atom stereocenters. The highest BCUT2D eigenvalue weighted by molar-refractivity contribution is 7.93. The lowest BCUT2D eigenvalue weighted by Crippen LogP contribution is -2.50. The fraction of sp³-hybridized carbons (Fsp3) is 0.500. The highest BCUT2D eigenvalue weighted by Crippen LogP contribution is 2.39. The number of nitro groups is 1. The summed E-state index contributed by atoms with van der Waals surface area (Å²) in [7, 11) is -3.58. The summed E-state index contributed by atoms with van der Waals surface area (Å²) in [5.74, 6) is -1.11. The normalized spacial score (nSPS) is 26.3. The van der Waals surface area contributed by atoms with Crippen LogP contribution in [0.15, 0.2) is 23.2 Å². The third kappa shape index (κ3) is 2.41. The van der Waals surface area contributed by atoms with E-state index in [0.717, 1.165) is 18.2 Å². The summed E-state index contributed by atoms with van der Waals surface area (Å²) >= 11 is 0. The Morgan fingerprint density at radius 1 is 1.32 bits per heavy atom. The van der Waals surface area contributed by atoms with Gasteiger partial charge in [0.05, 0.1) is 16.2 Å². The fourth-order valence-electron chi connectivity index (χ4n) is 2.49. The summed E-state index contributed by atoms with van der Waals surface area (Å²) in [5, 5.41) is 10.9. The summed E-state index contributed by atoms with van der Waals surface area (Å²) in [6, 6.07) is 3.07. The van der Waals surface area contributed by atoms with Gasteiger partial charge in [-0.15, -0.1) is 0 Å². The van der Waals surface area contributed by atoms with Crippen LogP contribution in [0, 0.1) is 15.9 Å². The zero-order valence-electron chi connectivity index (χ0n) is 12.8. The Balaban J connectivity index is 2.70. The maximum atomic E-state index is 14.1. The SMILES string of the molecule is CC1=N[C@](C)(c2cc([N+](=O)[O-])ccc2F)CS(=O)(=O)C1(C)C. The standard InChI is InChI=1S/C14H17FN2O4S/c1-9-13(2,3)22(20,21)8-14(4,16-9)11-7-10(17(18)19)5-6-12(11)15/h5-7H,8H2,1-4H3/t14-/m0/s1. The molecule has 0 aromatic heterocycles. The van der Waals surface area contributed by atoms with E-state index < -0.39 is 36.6 Å². The molecule has 1 heterocycles. The fourth-order valence-corrected chi connectivity index (χ4v) is 4.31. The molecule has 0 saturated heterocycles. The Morgan fingerprint density at radius 2 is 1.91 bits per heavy atom. The molecule has 1 aliphatic rings. The average molecular weight is 328 g/mol. The highest BCUT2D eigenvalue weighted by atomic mass is 32.2. The Kier molecular flexibility index (Phi) is 3.64. The molecule has 6 nitrogen and oxygen atoms in total. The summed E-state index contributed by atoms with van der Waals surface area (Å²) in [6.45, 7) is 6.14. The van der Waals surface area contributed by atoms with Gasteiger partial charge in [0, 0.05) is 23.4 Å². The molecule has 22 heavy (non-hydrogen) atoms. The number of aliphatic imine (C=N–C) groups is 1. The predicted molar refractivity (Wildman–Crippen MR) is 81.4 cm³/mol. The van der Waals surface area contributed by atoms with E-state index in [-0.39, 0.29) is 11.3 Å². The maximum absolute atomic E-state index is 14.1. The topological polar surface area (TPSA) is 89.6 Å². The van der Waals surface area contributed by atoms with Crippen molar-refractivity contribution in [2.75, 3.05) is 5.75 Å². The largest absolute Gasteiger partial charge is 0.280 e. The van der Waals surface area contributed by atoms with Gasteiger partial charge in [-0.25, -0.2) is 12.8 Å². The molecule has 0 N–H and O–H groups in total. The molecule has 0 amide bonds. The van der Waals surface area contributed by atoms with E-state index in [2.05, 4.69) is 4.99 Å². The van der Waals surface area contributed by atoms with Crippen LogP contribution < -0.4 is 0 Å². The van der Waals surface area contributed by atoms with Gasteiger partial charge in [-0.3, -0.25) is 15.1 Å². The van der Waals surface area contributed by atoms with Gasteiger partial charge in [0.25, 0.3) is 5.69 Å². The van der Waals surface area contributed by atoms with Crippen LogP contribution >= 0.6 is 0 Å². The van der Waals surface area contributed by atoms with Crippen LogP contribution in [-0.4, -0.2) is 29.6 Å². The zero-order valence-corrected chi connectivity index (χ0v) is 13.6. The number of sulfone groups is 1. The summed E-state index contributed by atoms with van der Waals surface area (Å²) < 4.78 is 38.0. The van der Waals surface area contributed by atoms with Crippen molar-refractivity contribution >= 4 is 21.2 Å².